The second-order valence-electron chi connectivity index (χ2n) is 36.8. The third-order valence-electron chi connectivity index (χ3n) is 23.2. The summed E-state index contributed by atoms with van der Waals surface area (Å²) in [6.07, 6.45) is 11.5. The van der Waals surface area contributed by atoms with E-state index in [-0.39, 0.29) is 125 Å². The maximum absolute atomic E-state index is 12.3. The van der Waals surface area contributed by atoms with Crippen LogP contribution in [-0.4, -0.2) is 336 Å². The van der Waals surface area contributed by atoms with Crippen molar-refractivity contribution in [2.24, 2.45) is 29.4 Å². The first kappa shape index (κ1) is 149. The van der Waals surface area contributed by atoms with Crippen LogP contribution in [0.5, 0.6) is 0 Å². The van der Waals surface area contributed by atoms with Crippen molar-refractivity contribution in [2.45, 2.75) is 449 Å². The number of rotatable bonds is 68. The number of methoxy groups -OCH3 is 1. The number of aliphatic carboxylic acids is 1. The number of nitriles is 1. The molecule has 21 atom stereocenters. The highest BCUT2D eigenvalue weighted by molar-refractivity contribution is 7.44. The van der Waals surface area contributed by atoms with Gasteiger partial charge in [-0.05, 0) is 124 Å². The van der Waals surface area contributed by atoms with Crippen molar-refractivity contribution < 1.29 is 173 Å². The Bertz CT molecular complexity index is 3580. The number of nitrogens with zero attached hydrogens (tertiary/aromatic N) is 2. The lowest BCUT2D eigenvalue weighted by molar-refractivity contribution is -0.282. The SMILES string of the molecule is C.CC.CC.CC(=O)NC1C(OCCCCCC(=O)NCCCCCCO)OC(COC(C)=O)C(OC(C)=O)C1C.CC(=O)NC1C(OCCCCCC(=O)NCCCCCCOP(OCCC#N)N(C(C)C)C(C)C)OC(COC(C)=O)C(OC(C)=O)C1C.CC(=O)NC1C(OCCCCCC(=O)O)OC(COC(C)=O)C(OC(C)=O)C1C.COCNC(=O)CCCCCO[C@@H]1OC(CO)[C@H](O)[C@H](O)C1C.NCCCCCCO. The van der Waals surface area contributed by atoms with E-state index in [0.717, 1.165) is 122 Å². The Morgan fingerprint density at radius 2 is 0.700 bits per heavy atom. The molecule has 45 nitrogen and oxygen atoms in total. The molecule has 4 aliphatic rings. The number of unbranched alkanes of at least 4 members (excludes halogenated alkanes) is 17. The van der Waals surface area contributed by atoms with E-state index in [4.69, 9.17) is 112 Å². The van der Waals surface area contributed by atoms with Gasteiger partial charge in [0, 0.05) is 184 Å². The van der Waals surface area contributed by atoms with Gasteiger partial charge in [0.1, 0.15) is 75.4 Å². The number of aliphatic hydroxyl groups excluding tert-OH is 5. The number of nitrogens with two attached hydrogens (primary N) is 1. The van der Waals surface area contributed by atoms with Crippen LogP contribution in [0.15, 0.2) is 0 Å². The van der Waals surface area contributed by atoms with E-state index in [2.05, 4.69) is 70.3 Å². The highest BCUT2D eigenvalue weighted by Gasteiger charge is 2.51. The quantitative estimate of drug-likeness (QED) is 0.00885. The van der Waals surface area contributed by atoms with Crippen LogP contribution in [0, 0.1) is 35.0 Å². The minimum Gasteiger partial charge on any atom is -0.481 e. The van der Waals surface area contributed by atoms with Gasteiger partial charge in [-0.1, -0.05) is 127 Å². The third kappa shape index (κ3) is 72.1. The molecule has 150 heavy (non-hydrogen) atoms. The van der Waals surface area contributed by atoms with Crippen molar-refractivity contribution in [3.63, 3.8) is 0 Å². The van der Waals surface area contributed by atoms with Crippen LogP contribution in [0.2, 0.25) is 0 Å². The van der Waals surface area contributed by atoms with E-state index in [1.54, 1.807) is 13.8 Å². The standard InChI is InChI=1S/C34H61N4O10P.C25H44N2O9.C19H31NO9.C15H29NO7.C6H15NO.2C2H6.CH4/c1-24(2)38(25(3)4)49(46-22-16-18-35)45-21-15-10-9-13-19-36-31(42)17-12-11-14-20-43-34-32(37-27(6)39)26(5)33(47-29(8)41)30(48-34)23-44-28(7)40;1-17-23(27-18(2)29)25(36-21(16-34-19(3)30)24(17)35-20(4)31)33-15-11-7-8-12-22(32)26-13-9-5-6-10-14-28;1-11-17(20-12(2)21)19(26-9-7-5-6-8-16(24)25)29-15(10-27-13(3)22)18(11)28-14(4)23;1-10-13(19)14(20)11(8-17)23-15(10)22-7-5-3-4-6-12(18)16-9-21-2;7-5-3-1-2-4-6-8;2*1-2;/h24-26,30,32-34H,9-17,19-23H2,1-8H3,(H,36,42)(H,37,39);17,21,23-25,28H,5-16H2,1-4H3,(H,26,32)(H,27,29);11,15,17-19H,5-10H2,1-4H3,(H,20,21)(H,24,25);10-11,13-15,17,19-20H,3-9H2,1-2H3,(H,16,18);8H,1-7H2;2*1-2H3;1H4/t;;;10?,11?,13-,14+,15-;;;;/m...1..../s1. The summed E-state index contributed by atoms with van der Waals surface area (Å²) >= 11 is 0. The second-order valence-corrected chi connectivity index (χ2v) is 38.2. The average molecular weight is 2180 g/mol. The Morgan fingerprint density at radius 3 is 1.01 bits per heavy atom. The zero-order valence-corrected chi connectivity index (χ0v) is 94.3. The van der Waals surface area contributed by atoms with Crippen molar-refractivity contribution in [2.75, 3.05) is 113 Å². The van der Waals surface area contributed by atoms with Crippen LogP contribution in [0.25, 0.3) is 0 Å². The van der Waals surface area contributed by atoms with E-state index in [1.165, 1.54) is 69.4 Å². The molecule has 6 amide bonds. The highest BCUT2D eigenvalue weighted by atomic mass is 31.2. The number of carbonyl (C=O) groups is 13. The molecule has 0 radical (unpaired) electrons. The molecule has 4 heterocycles. The number of nitrogens with one attached hydrogen (secondary N) is 6. The van der Waals surface area contributed by atoms with Crippen LogP contribution in [-0.2, 0) is 142 Å². The number of carboxylic acid groups (broad SMARTS) is 1. The molecule has 0 bridgehead atoms. The number of ether oxygens (including phenoxy) is 15. The summed E-state index contributed by atoms with van der Waals surface area (Å²) in [5.74, 6) is -6.17. The largest absolute Gasteiger partial charge is 0.481 e. The van der Waals surface area contributed by atoms with Crippen molar-refractivity contribution in [1.29, 1.82) is 5.26 Å². The monoisotopic (exact) mass is 2180 g/mol. The Hall–Kier alpha value is -7.69. The number of hydrogen-bond donors (Lipinski definition) is 13. The Labute approximate surface area is 894 Å². The number of hydrogen-bond acceptors (Lipinski definition) is 38. The lowest BCUT2D eigenvalue weighted by atomic mass is 9.88. The molecular weight excluding hydrogens is 1980 g/mol. The third-order valence-corrected chi connectivity index (χ3v) is 25.3. The first-order chi connectivity index (χ1) is 71.0. The molecule has 0 aliphatic carbocycles. The maximum Gasteiger partial charge on any atom is 0.303 e. The summed E-state index contributed by atoms with van der Waals surface area (Å²) in [4.78, 5) is 150. The van der Waals surface area contributed by atoms with Crippen LogP contribution < -0.4 is 37.6 Å². The van der Waals surface area contributed by atoms with Crippen molar-refractivity contribution in [3.05, 3.63) is 0 Å². The predicted octanol–water partition coefficient (Wildman–Crippen LogP) is 10.0. The summed E-state index contributed by atoms with van der Waals surface area (Å²) in [5.41, 5.74) is 5.25. The van der Waals surface area contributed by atoms with Crippen LogP contribution in [0.1, 0.15) is 339 Å². The number of aliphatic hydroxyl groups is 5. The molecule has 0 aromatic carbocycles. The summed E-state index contributed by atoms with van der Waals surface area (Å²) in [6.45, 7) is 39.9. The van der Waals surface area contributed by atoms with E-state index < -0.39 is 149 Å². The zero-order chi connectivity index (χ0) is 113. The number of amides is 6. The first-order valence-corrected chi connectivity index (χ1v) is 54.5. The highest BCUT2D eigenvalue weighted by Crippen LogP contribution is 2.46. The molecule has 0 aromatic heterocycles. The second kappa shape index (κ2) is 93.7. The molecule has 4 aliphatic heterocycles. The van der Waals surface area contributed by atoms with Crippen LogP contribution >= 0.6 is 8.53 Å². The van der Waals surface area contributed by atoms with E-state index in [0.29, 0.717) is 124 Å². The van der Waals surface area contributed by atoms with Gasteiger partial charge in [-0.15, -0.1) is 0 Å². The lowest BCUT2D eigenvalue weighted by Gasteiger charge is -2.44. The minimum atomic E-state index is -1.22. The fraction of sp³-hybridized carbons (Fsp3) is 0.865. The van der Waals surface area contributed by atoms with Gasteiger partial charge in [-0.25, -0.2) is 4.67 Å². The molecule has 18 unspecified atom stereocenters. The molecule has 0 aromatic rings. The molecule has 4 rings (SSSR count). The molecule has 4 saturated heterocycles. The average Bonchev–Trinajstić information content (AvgIpc) is 0.800. The predicted molar refractivity (Wildman–Crippen MR) is 560 cm³/mol. The smallest absolute Gasteiger partial charge is 0.303 e. The molecule has 46 heteroatoms. The molecule has 0 spiro atoms. The van der Waals surface area contributed by atoms with Gasteiger partial charge in [0.2, 0.25) is 35.4 Å². The number of carbonyl (C=O) groups excluding carboxylic acids is 12. The molecule has 4 fully saturated rings. The van der Waals surface area contributed by atoms with Gasteiger partial charge in [-0.3, -0.25) is 62.3 Å². The lowest BCUT2D eigenvalue weighted by Crippen LogP contribution is -2.62. The van der Waals surface area contributed by atoms with Crippen molar-refractivity contribution in [1.82, 2.24) is 36.6 Å². The van der Waals surface area contributed by atoms with Gasteiger partial charge in [0.25, 0.3) is 8.53 Å². The Morgan fingerprint density at radius 1 is 0.393 bits per heavy atom. The summed E-state index contributed by atoms with van der Waals surface area (Å²) in [7, 11) is 0.302. The van der Waals surface area contributed by atoms with E-state index >= 15 is 0 Å². The summed E-state index contributed by atoms with van der Waals surface area (Å²) < 4.78 is 97.2. The van der Waals surface area contributed by atoms with Gasteiger partial charge in [-0.2, -0.15) is 5.26 Å². The fourth-order valence-corrected chi connectivity index (χ4v) is 17.4. The van der Waals surface area contributed by atoms with Crippen LogP contribution in [0.3, 0.4) is 0 Å². The minimum absolute atomic E-state index is 0. The normalized spacial score (nSPS) is 23.1. The topological polar surface area (TPSA) is 625 Å². The number of esters is 6. The van der Waals surface area contributed by atoms with Crippen LogP contribution in [0.4, 0.5) is 0 Å². The summed E-state index contributed by atoms with van der Waals surface area (Å²) in [6, 6.07) is 0.928. The Kier molecular flexibility index (Phi) is 92.8. The summed E-state index contributed by atoms with van der Waals surface area (Å²) in [5, 5.41) is 80.3. The van der Waals surface area contributed by atoms with Gasteiger partial charge < -0.3 is 148 Å². The van der Waals surface area contributed by atoms with Crippen molar-refractivity contribution >= 4 is 85.8 Å². The number of carboxylic acids is 1. The fourth-order valence-electron chi connectivity index (χ4n) is 15.8. The molecular formula is C104H196N9O36P. The first-order valence-electron chi connectivity index (χ1n) is 53.4. The van der Waals surface area contributed by atoms with Gasteiger partial charge in [0.15, 0.2) is 25.2 Å². The zero-order valence-electron chi connectivity index (χ0n) is 93.4. The van der Waals surface area contributed by atoms with Gasteiger partial charge in [0.05, 0.1) is 56.5 Å². The van der Waals surface area contributed by atoms with Crippen molar-refractivity contribution in [3.8, 4) is 6.07 Å². The van der Waals surface area contributed by atoms with E-state index in [1.807, 2.05) is 41.5 Å². The van der Waals surface area contributed by atoms with E-state index in [9.17, 15) is 72.5 Å². The van der Waals surface area contributed by atoms with Gasteiger partial charge >= 0.3 is 41.8 Å². The molecule has 14 N–H and O–H groups in total. The maximum atomic E-state index is 12.3. The Balaban J connectivity index is -0.000000938. The molecule has 0 saturated carbocycles. The molecule has 878 valence electrons.